The van der Waals surface area contributed by atoms with E-state index in [0.29, 0.717) is 39.8 Å². The van der Waals surface area contributed by atoms with Crippen molar-refractivity contribution < 1.29 is 23.8 Å². The molecule has 0 saturated heterocycles. The van der Waals surface area contributed by atoms with Crippen molar-refractivity contribution in [1.29, 1.82) is 0 Å². The second-order valence-corrected chi connectivity index (χ2v) is 6.23. The van der Waals surface area contributed by atoms with Crippen molar-refractivity contribution in [2.24, 2.45) is 0 Å². The number of hydrogen-bond acceptors (Lipinski definition) is 5. The number of para-hydroxylation sites is 3. The van der Waals surface area contributed by atoms with E-state index < -0.39 is 0 Å². The molecule has 3 aromatic carbocycles. The smallest absolute Gasteiger partial charge is 0.259 e. The van der Waals surface area contributed by atoms with Crippen LogP contribution in [-0.2, 0) is 0 Å². The lowest BCUT2D eigenvalue weighted by atomic mass is 10.1. The first-order valence-electron chi connectivity index (χ1n) is 9.14. The molecule has 0 fully saturated rings. The third-order valence-electron chi connectivity index (χ3n) is 4.41. The van der Waals surface area contributed by atoms with Crippen molar-refractivity contribution in [2.45, 2.75) is 0 Å². The standard InChI is InChI=1S/C23H22N2O5/c1-28-19-9-5-4-8-18(19)25-22(26)15-11-13-16(14-12-15)24-23(27)17-7-6-10-20(29-2)21(17)30-3/h4-14H,1-3H3,(H,24,27)(H,25,26). The summed E-state index contributed by atoms with van der Waals surface area (Å²) >= 11 is 0. The number of ether oxygens (including phenoxy) is 3. The van der Waals surface area contributed by atoms with Crippen molar-refractivity contribution in [3.05, 3.63) is 77.9 Å². The molecule has 3 rings (SSSR count). The van der Waals surface area contributed by atoms with Crippen molar-refractivity contribution >= 4 is 23.2 Å². The molecule has 0 aromatic heterocycles. The predicted molar refractivity (Wildman–Crippen MR) is 115 cm³/mol. The SMILES string of the molecule is COc1ccccc1NC(=O)c1ccc(NC(=O)c2cccc(OC)c2OC)cc1. The molecule has 0 aliphatic rings. The minimum absolute atomic E-state index is 0.285. The first-order valence-corrected chi connectivity index (χ1v) is 9.14. The van der Waals surface area contributed by atoms with Gasteiger partial charge in [0.05, 0.1) is 32.6 Å². The Morgan fingerprint density at radius 1 is 0.667 bits per heavy atom. The molecule has 154 valence electrons. The van der Waals surface area contributed by atoms with Crippen LogP contribution in [0.3, 0.4) is 0 Å². The molecule has 0 saturated carbocycles. The highest BCUT2D eigenvalue weighted by Crippen LogP contribution is 2.31. The number of methoxy groups -OCH3 is 3. The van der Waals surface area contributed by atoms with Crippen molar-refractivity contribution in [3.8, 4) is 17.2 Å². The molecule has 0 radical (unpaired) electrons. The van der Waals surface area contributed by atoms with Crippen LogP contribution in [0.1, 0.15) is 20.7 Å². The lowest BCUT2D eigenvalue weighted by Crippen LogP contribution is -2.15. The van der Waals surface area contributed by atoms with Crippen LogP contribution in [0.4, 0.5) is 11.4 Å². The van der Waals surface area contributed by atoms with E-state index in [9.17, 15) is 9.59 Å². The Morgan fingerprint density at radius 3 is 2.00 bits per heavy atom. The third kappa shape index (κ3) is 4.52. The Bertz CT molecular complexity index is 1050. The molecule has 0 spiro atoms. The van der Waals surface area contributed by atoms with Crippen molar-refractivity contribution in [2.75, 3.05) is 32.0 Å². The molecule has 0 aliphatic carbocycles. The first kappa shape index (κ1) is 20.7. The molecule has 0 unspecified atom stereocenters. The van der Waals surface area contributed by atoms with Crippen LogP contribution in [-0.4, -0.2) is 33.1 Å². The molecule has 0 atom stereocenters. The maximum Gasteiger partial charge on any atom is 0.259 e. The molecule has 0 heterocycles. The molecule has 0 bridgehead atoms. The molecule has 2 N–H and O–H groups in total. The first-order chi connectivity index (χ1) is 14.6. The fourth-order valence-electron chi connectivity index (χ4n) is 2.91. The Hall–Kier alpha value is -4.00. The van der Waals surface area contributed by atoms with E-state index in [1.807, 2.05) is 12.1 Å². The van der Waals surface area contributed by atoms with Crippen LogP contribution in [0.25, 0.3) is 0 Å². The van der Waals surface area contributed by atoms with E-state index in [2.05, 4.69) is 10.6 Å². The van der Waals surface area contributed by atoms with Gasteiger partial charge in [0, 0.05) is 11.3 Å². The fraction of sp³-hybridized carbons (Fsp3) is 0.130. The Labute approximate surface area is 174 Å². The fourth-order valence-corrected chi connectivity index (χ4v) is 2.91. The lowest BCUT2D eigenvalue weighted by molar-refractivity contribution is 0.101. The zero-order chi connectivity index (χ0) is 21.5. The lowest BCUT2D eigenvalue weighted by Gasteiger charge is -2.13. The quantitative estimate of drug-likeness (QED) is 0.614. The van der Waals surface area contributed by atoms with Gasteiger partial charge in [-0.05, 0) is 48.5 Å². The summed E-state index contributed by atoms with van der Waals surface area (Å²) < 4.78 is 15.8. The third-order valence-corrected chi connectivity index (χ3v) is 4.41. The van der Waals surface area contributed by atoms with Crippen LogP contribution in [0.2, 0.25) is 0 Å². The number of rotatable bonds is 7. The summed E-state index contributed by atoms with van der Waals surface area (Å²) in [6.07, 6.45) is 0. The minimum Gasteiger partial charge on any atom is -0.495 e. The Balaban J connectivity index is 1.72. The zero-order valence-electron chi connectivity index (χ0n) is 16.9. The molecular formula is C23H22N2O5. The van der Waals surface area contributed by atoms with Gasteiger partial charge in [0.15, 0.2) is 11.5 Å². The maximum absolute atomic E-state index is 12.7. The van der Waals surface area contributed by atoms with Crippen molar-refractivity contribution in [1.82, 2.24) is 0 Å². The highest BCUT2D eigenvalue weighted by atomic mass is 16.5. The molecule has 7 nitrogen and oxygen atoms in total. The van der Waals surface area contributed by atoms with Crippen LogP contribution in [0, 0.1) is 0 Å². The van der Waals surface area contributed by atoms with E-state index in [1.165, 1.54) is 14.2 Å². The molecule has 7 heteroatoms. The summed E-state index contributed by atoms with van der Waals surface area (Å²) in [6, 6.07) is 18.8. The van der Waals surface area contributed by atoms with Gasteiger partial charge >= 0.3 is 0 Å². The second kappa shape index (κ2) is 9.47. The van der Waals surface area contributed by atoms with E-state index in [0.717, 1.165) is 0 Å². The average molecular weight is 406 g/mol. The van der Waals surface area contributed by atoms with Gasteiger partial charge in [-0.25, -0.2) is 0 Å². The summed E-state index contributed by atoms with van der Waals surface area (Å²) in [5, 5.41) is 5.60. The number of nitrogens with one attached hydrogen (secondary N) is 2. The van der Waals surface area contributed by atoms with Gasteiger partial charge in [-0.3, -0.25) is 9.59 Å². The largest absolute Gasteiger partial charge is 0.495 e. The topological polar surface area (TPSA) is 85.9 Å². The van der Waals surface area contributed by atoms with Gasteiger partial charge in [0.1, 0.15) is 5.75 Å². The molecule has 30 heavy (non-hydrogen) atoms. The summed E-state index contributed by atoms with van der Waals surface area (Å²) in [4.78, 5) is 25.2. The number of benzene rings is 3. The molecule has 2 amide bonds. The minimum atomic E-state index is -0.350. The van der Waals surface area contributed by atoms with Gasteiger partial charge in [-0.1, -0.05) is 18.2 Å². The molecular weight excluding hydrogens is 384 g/mol. The number of anilines is 2. The van der Waals surface area contributed by atoms with Crippen LogP contribution in [0.15, 0.2) is 66.7 Å². The Morgan fingerprint density at radius 2 is 1.33 bits per heavy atom. The van der Waals surface area contributed by atoms with Crippen LogP contribution >= 0.6 is 0 Å². The monoisotopic (exact) mass is 406 g/mol. The van der Waals surface area contributed by atoms with Gasteiger partial charge in [0.2, 0.25) is 0 Å². The highest BCUT2D eigenvalue weighted by Gasteiger charge is 2.17. The number of carbonyl (C=O) groups excluding carboxylic acids is 2. The van der Waals surface area contributed by atoms with E-state index in [-0.39, 0.29) is 11.8 Å². The zero-order valence-corrected chi connectivity index (χ0v) is 16.9. The summed E-state index contributed by atoms with van der Waals surface area (Å²) in [6.45, 7) is 0. The summed E-state index contributed by atoms with van der Waals surface area (Å²) in [5.41, 5.74) is 1.90. The predicted octanol–water partition coefficient (Wildman–Crippen LogP) is 4.22. The van der Waals surface area contributed by atoms with Gasteiger partial charge < -0.3 is 24.8 Å². The van der Waals surface area contributed by atoms with Crippen LogP contribution in [0.5, 0.6) is 17.2 Å². The molecule has 3 aromatic rings. The number of amides is 2. The Kier molecular flexibility index (Phi) is 6.54. The van der Waals surface area contributed by atoms with E-state index in [4.69, 9.17) is 14.2 Å². The van der Waals surface area contributed by atoms with Gasteiger partial charge in [0.25, 0.3) is 11.8 Å². The van der Waals surface area contributed by atoms with Crippen LogP contribution < -0.4 is 24.8 Å². The highest BCUT2D eigenvalue weighted by molar-refractivity contribution is 6.08. The summed E-state index contributed by atoms with van der Waals surface area (Å²) in [7, 11) is 4.53. The average Bonchev–Trinajstić information content (AvgIpc) is 2.79. The number of hydrogen-bond donors (Lipinski definition) is 2. The maximum atomic E-state index is 12.7. The second-order valence-electron chi connectivity index (χ2n) is 6.23. The van der Waals surface area contributed by atoms with Gasteiger partial charge in [-0.15, -0.1) is 0 Å². The van der Waals surface area contributed by atoms with E-state index in [1.54, 1.807) is 61.7 Å². The van der Waals surface area contributed by atoms with E-state index >= 15 is 0 Å². The normalized spacial score (nSPS) is 10.1. The number of carbonyl (C=O) groups is 2. The van der Waals surface area contributed by atoms with Gasteiger partial charge in [-0.2, -0.15) is 0 Å². The summed E-state index contributed by atoms with van der Waals surface area (Å²) in [5.74, 6) is 0.754. The van der Waals surface area contributed by atoms with Crippen molar-refractivity contribution in [3.63, 3.8) is 0 Å². The molecule has 0 aliphatic heterocycles.